The fraction of sp³-hybridized carbons (Fsp3) is 0.615. The number of amides is 1. The van der Waals surface area contributed by atoms with E-state index < -0.39 is 0 Å². The van der Waals surface area contributed by atoms with Crippen LogP contribution in [0.2, 0.25) is 0 Å². The number of nitrogens with one attached hydrogen (secondary N) is 1. The third-order valence-electron chi connectivity index (χ3n) is 3.38. The Hall–Kier alpha value is -1.49. The Morgan fingerprint density at radius 1 is 1.39 bits per heavy atom. The summed E-state index contributed by atoms with van der Waals surface area (Å²) in [6, 6.07) is 1.82. The number of hydrogen-bond acceptors (Lipinski definition) is 4. The van der Waals surface area contributed by atoms with Gasteiger partial charge in [-0.25, -0.2) is 0 Å². The highest BCUT2D eigenvalue weighted by atomic mass is 16.2. The molecule has 1 amide bonds. The molecule has 98 valence electrons. The highest BCUT2D eigenvalue weighted by Gasteiger charge is 2.34. The van der Waals surface area contributed by atoms with E-state index in [-0.39, 0.29) is 11.4 Å². The summed E-state index contributed by atoms with van der Waals surface area (Å²) in [6.45, 7) is 10.2. The smallest absolute Gasteiger partial charge is 0.256 e. The maximum absolute atomic E-state index is 12.6. The molecule has 2 rings (SSSR count). The molecule has 0 unspecified atom stereocenters. The molecule has 1 N–H and O–H groups in total. The van der Waals surface area contributed by atoms with Crippen molar-refractivity contribution in [3.8, 4) is 0 Å². The van der Waals surface area contributed by atoms with Gasteiger partial charge in [0, 0.05) is 19.6 Å². The largest absolute Gasteiger partial charge is 0.331 e. The van der Waals surface area contributed by atoms with E-state index in [1.54, 1.807) is 0 Å². The van der Waals surface area contributed by atoms with Crippen LogP contribution >= 0.6 is 0 Å². The summed E-state index contributed by atoms with van der Waals surface area (Å²) in [5.74, 6) is 0.0528. The monoisotopic (exact) mass is 248 g/mol. The van der Waals surface area contributed by atoms with Crippen molar-refractivity contribution in [1.82, 2.24) is 20.4 Å². The van der Waals surface area contributed by atoms with E-state index in [0.29, 0.717) is 11.3 Å². The molecule has 0 saturated carbocycles. The third-order valence-corrected chi connectivity index (χ3v) is 3.38. The lowest BCUT2D eigenvalue weighted by molar-refractivity contribution is 0.0476. The van der Waals surface area contributed by atoms with E-state index in [2.05, 4.69) is 29.4 Å². The van der Waals surface area contributed by atoms with Crippen molar-refractivity contribution in [2.24, 2.45) is 0 Å². The van der Waals surface area contributed by atoms with Crippen molar-refractivity contribution >= 4 is 5.91 Å². The van der Waals surface area contributed by atoms with Crippen LogP contribution in [-0.2, 0) is 0 Å². The van der Waals surface area contributed by atoms with Crippen LogP contribution in [0, 0.1) is 13.8 Å². The lowest BCUT2D eigenvalue weighted by Crippen LogP contribution is -2.59. The molecule has 5 nitrogen and oxygen atoms in total. The Bertz CT molecular complexity index is 470. The summed E-state index contributed by atoms with van der Waals surface area (Å²) in [7, 11) is 0. The second kappa shape index (κ2) is 4.65. The Balaban J connectivity index is 2.33. The molecule has 0 aromatic carbocycles. The van der Waals surface area contributed by atoms with Crippen LogP contribution in [0.5, 0.6) is 0 Å². The first-order chi connectivity index (χ1) is 8.42. The van der Waals surface area contributed by atoms with Crippen LogP contribution in [0.4, 0.5) is 0 Å². The van der Waals surface area contributed by atoms with Crippen molar-refractivity contribution in [3.63, 3.8) is 0 Å². The van der Waals surface area contributed by atoms with Crippen LogP contribution < -0.4 is 5.32 Å². The molecule has 1 aliphatic heterocycles. The number of piperazine rings is 1. The third kappa shape index (κ3) is 2.36. The first kappa shape index (κ1) is 13.0. The van der Waals surface area contributed by atoms with Gasteiger partial charge in [0.25, 0.3) is 5.91 Å². The average molecular weight is 248 g/mol. The Morgan fingerprint density at radius 2 is 2.11 bits per heavy atom. The van der Waals surface area contributed by atoms with Crippen molar-refractivity contribution in [2.75, 3.05) is 19.6 Å². The molecule has 0 radical (unpaired) electrons. The van der Waals surface area contributed by atoms with Crippen LogP contribution in [0.3, 0.4) is 0 Å². The van der Waals surface area contributed by atoms with Gasteiger partial charge in [-0.05, 0) is 33.8 Å². The number of nitrogens with zero attached hydrogens (tertiary/aromatic N) is 3. The van der Waals surface area contributed by atoms with Gasteiger partial charge in [0.15, 0.2) is 0 Å². The molecule has 1 aliphatic rings. The highest BCUT2D eigenvalue weighted by molar-refractivity contribution is 5.95. The average Bonchev–Trinajstić information content (AvgIpc) is 2.31. The van der Waals surface area contributed by atoms with Crippen molar-refractivity contribution in [3.05, 3.63) is 23.0 Å². The number of aromatic nitrogens is 2. The fourth-order valence-electron chi connectivity index (χ4n) is 2.27. The van der Waals surface area contributed by atoms with Gasteiger partial charge in [-0.3, -0.25) is 4.79 Å². The SMILES string of the molecule is Cc1cc(C(=O)N2CCNCC2(C)C)c(C)nn1. The van der Waals surface area contributed by atoms with Gasteiger partial charge in [0.1, 0.15) is 0 Å². The Labute approximate surface area is 108 Å². The Kier molecular flexibility index (Phi) is 3.34. The maximum atomic E-state index is 12.6. The van der Waals surface area contributed by atoms with E-state index >= 15 is 0 Å². The lowest BCUT2D eigenvalue weighted by atomic mass is 9.98. The first-order valence-electron chi connectivity index (χ1n) is 6.25. The number of aryl methyl sites for hydroxylation is 2. The zero-order valence-electron chi connectivity index (χ0n) is 11.4. The molecular weight excluding hydrogens is 228 g/mol. The highest BCUT2D eigenvalue weighted by Crippen LogP contribution is 2.20. The minimum atomic E-state index is -0.168. The summed E-state index contributed by atoms with van der Waals surface area (Å²) in [4.78, 5) is 14.5. The molecule has 0 spiro atoms. The molecule has 1 aromatic heterocycles. The van der Waals surface area contributed by atoms with E-state index in [1.165, 1.54) is 0 Å². The molecule has 5 heteroatoms. The maximum Gasteiger partial charge on any atom is 0.256 e. The summed E-state index contributed by atoms with van der Waals surface area (Å²) in [5, 5.41) is 11.3. The number of carbonyl (C=O) groups excluding carboxylic acids is 1. The molecule has 0 atom stereocenters. The van der Waals surface area contributed by atoms with Crippen molar-refractivity contribution < 1.29 is 4.79 Å². The minimum absolute atomic E-state index is 0.0528. The summed E-state index contributed by atoms with van der Waals surface area (Å²) < 4.78 is 0. The molecule has 0 aliphatic carbocycles. The van der Waals surface area contributed by atoms with Gasteiger partial charge in [-0.1, -0.05) is 0 Å². The first-order valence-corrected chi connectivity index (χ1v) is 6.25. The number of rotatable bonds is 1. The molecular formula is C13H20N4O. The standard InChI is InChI=1S/C13H20N4O/c1-9-7-11(10(2)16-15-9)12(18)17-6-5-14-8-13(17,3)4/h7,14H,5-6,8H2,1-4H3. The zero-order valence-corrected chi connectivity index (χ0v) is 11.4. The molecule has 18 heavy (non-hydrogen) atoms. The van der Waals surface area contributed by atoms with Gasteiger partial charge in [-0.2, -0.15) is 10.2 Å². The van der Waals surface area contributed by atoms with Crippen LogP contribution in [0.15, 0.2) is 6.07 Å². The minimum Gasteiger partial charge on any atom is -0.331 e. The normalized spacial score (nSPS) is 18.8. The van der Waals surface area contributed by atoms with Crippen LogP contribution in [0.1, 0.15) is 35.6 Å². The van der Waals surface area contributed by atoms with E-state index in [1.807, 2.05) is 24.8 Å². The zero-order chi connectivity index (χ0) is 13.3. The predicted molar refractivity (Wildman–Crippen MR) is 69.5 cm³/mol. The quantitative estimate of drug-likeness (QED) is 0.803. The predicted octanol–water partition coefficient (Wildman–Crippen LogP) is 0.917. The summed E-state index contributed by atoms with van der Waals surface area (Å²) in [6.07, 6.45) is 0. The number of carbonyl (C=O) groups is 1. The molecule has 2 heterocycles. The summed E-state index contributed by atoms with van der Waals surface area (Å²) >= 11 is 0. The van der Waals surface area contributed by atoms with Crippen LogP contribution in [0.25, 0.3) is 0 Å². The molecule has 1 fully saturated rings. The second-order valence-corrected chi connectivity index (χ2v) is 5.43. The van der Waals surface area contributed by atoms with E-state index in [4.69, 9.17) is 0 Å². The van der Waals surface area contributed by atoms with Crippen molar-refractivity contribution in [2.45, 2.75) is 33.2 Å². The molecule has 1 saturated heterocycles. The molecule has 1 aromatic rings. The lowest BCUT2D eigenvalue weighted by Gasteiger charge is -2.43. The topological polar surface area (TPSA) is 58.1 Å². The van der Waals surface area contributed by atoms with Gasteiger partial charge in [0.2, 0.25) is 0 Å². The van der Waals surface area contributed by atoms with Gasteiger partial charge < -0.3 is 10.2 Å². The van der Waals surface area contributed by atoms with Gasteiger partial charge in [-0.15, -0.1) is 0 Å². The van der Waals surface area contributed by atoms with Gasteiger partial charge >= 0.3 is 0 Å². The Morgan fingerprint density at radius 3 is 2.78 bits per heavy atom. The van der Waals surface area contributed by atoms with Crippen molar-refractivity contribution in [1.29, 1.82) is 0 Å². The van der Waals surface area contributed by atoms with Crippen LogP contribution in [-0.4, -0.2) is 46.2 Å². The van der Waals surface area contributed by atoms with Gasteiger partial charge in [0.05, 0.1) is 22.5 Å². The molecule has 0 bridgehead atoms. The summed E-state index contributed by atoms with van der Waals surface area (Å²) in [5.41, 5.74) is 1.97. The second-order valence-electron chi connectivity index (χ2n) is 5.43. The van der Waals surface area contributed by atoms with E-state index in [9.17, 15) is 4.79 Å². The fourth-order valence-corrected chi connectivity index (χ4v) is 2.27. The van der Waals surface area contributed by atoms with E-state index in [0.717, 1.165) is 25.3 Å². The number of hydrogen-bond donors (Lipinski definition) is 1.